The Morgan fingerprint density at radius 2 is 1.25 bits per heavy atom. The quantitative estimate of drug-likeness (QED) is 0.221. The van der Waals surface area contributed by atoms with Gasteiger partial charge in [0.15, 0.2) is 0 Å². The number of hydrogen-bond acceptors (Lipinski definition) is 6. The molecule has 8 nitrogen and oxygen atoms in total. The van der Waals surface area contributed by atoms with Crippen LogP contribution in [0.3, 0.4) is 0 Å². The number of halogens is 4. The summed E-state index contributed by atoms with van der Waals surface area (Å²) in [5, 5.41) is 10.0. The van der Waals surface area contributed by atoms with Gasteiger partial charge in [0, 0.05) is 54.9 Å². The minimum Gasteiger partial charge on any atom is -0.275 e. The van der Waals surface area contributed by atoms with Crippen molar-refractivity contribution in [2.75, 3.05) is 0 Å². The van der Waals surface area contributed by atoms with Crippen molar-refractivity contribution in [3.05, 3.63) is 81.8 Å². The standard InChI is InChI=1S/2C12H8Cl2N4/c1-18-6-7(5-15-18)8-4-10-9(17-12(8)14)2-3-11(13)16-10;1-18-6-7(4-16-18)8-5-15-9-2-3-10(13)17-12(9)11(8)14/h2*2-6H,1H3. The van der Waals surface area contributed by atoms with Crippen LogP contribution < -0.4 is 0 Å². The molecule has 0 spiro atoms. The summed E-state index contributed by atoms with van der Waals surface area (Å²) in [6.45, 7) is 0. The van der Waals surface area contributed by atoms with Gasteiger partial charge in [-0.2, -0.15) is 10.2 Å². The van der Waals surface area contributed by atoms with Crippen molar-refractivity contribution in [1.82, 2.24) is 39.5 Å². The molecule has 0 fully saturated rings. The lowest BCUT2D eigenvalue weighted by Crippen LogP contribution is -1.88. The van der Waals surface area contributed by atoms with E-state index in [-0.39, 0.29) is 0 Å². The fourth-order valence-electron chi connectivity index (χ4n) is 3.54. The fraction of sp³-hybridized carbons (Fsp3) is 0.0833. The van der Waals surface area contributed by atoms with Crippen LogP contribution in [0.5, 0.6) is 0 Å². The molecule has 6 heterocycles. The summed E-state index contributed by atoms with van der Waals surface area (Å²) >= 11 is 24.3. The zero-order chi connectivity index (χ0) is 25.4. The minimum absolute atomic E-state index is 0.398. The lowest BCUT2D eigenvalue weighted by molar-refractivity contribution is 0.768. The van der Waals surface area contributed by atoms with E-state index in [0.717, 1.165) is 33.3 Å². The summed E-state index contributed by atoms with van der Waals surface area (Å²) in [5.41, 5.74) is 6.15. The van der Waals surface area contributed by atoms with E-state index < -0.39 is 0 Å². The van der Waals surface area contributed by atoms with Gasteiger partial charge in [0.1, 0.15) is 21.0 Å². The molecular formula is C24H16Cl4N8. The van der Waals surface area contributed by atoms with Gasteiger partial charge in [-0.3, -0.25) is 14.3 Å². The first-order valence-corrected chi connectivity index (χ1v) is 12.0. The van der Waals surface area contributed by atoms with Crippen molar-refractivity contribution in [3.63, 3.8) is 0 Å². The highest BCUT2D eigenvalue weighted by Gasteiger charge is 2.12. The monoisotopic (exact) mass is 556 g/mol. The SMILES string of the molecule is Cn1cc(-c2cc3nc(Cl)ccc3nc2Cl)cn1.Cn1cc(-c2cnc3ccc(Cl)nc3c2Cl)cn1. The Morgan fingerprint density at radius 1 is 0.639 bits per heavy atom. The molecule has 6 aromatic heterocycles. The Kier molecular flexibility index (Phi) is 6.77. The number of aryl methyl sites for hydroxylation is 2. The second kappa shape index (κ2) is 9.99. The molecule has 0 aromatic carbocycles. The first-order chi connectivity index (χ1) is 17.3. The topological polar surface area (TPSA) is 87.2 Å². The molecule has 0 N–H and O–H groups in total. The molecule has 0 amide bonds. The lowest BCUT2D eigenvalue weighted by Gasteiger charge is -2.04. The highest BCUT2D eigenvalue weighted by Crippen LogP contribution is 2.32. The first kappa shape index (κ1) is 24.4. The van der Waals surface area contributed by atoms with E-state index in [1.807, 2.05) is 32.6 Å². The summed E-state index contributed by atoms with van der Waals surface area (Å²) in [6, 6.07) is 8.84. The minimum atomic E-state index is 0.398. The molecule has 0 aliphatic rings. The van der Waals surface area contributed by atoms with E-state index in [4.69, 9.17) is 46.4 Å². The molecule has 12 heteroatoms. The molecule has 0 bridgehead atoms. The van der Waals surface area contributed by atoms with Crippen molar-refractivity contribution in [1.29, 1.82) is 0 Å². The smallest absolute Gasteiger partial charge is 0.137 e. The normalized spacial score (nSPS) is 11.1. The molecule has 0 unspecified atom stereocenters. The number of pyridine rings is 4. The fourth-order valence-corrected chi connectivity index (χ4v) is 4.40. The maximum absolute atomic E-state index is 6.36. The van der Waals surface area contributed by atoms with Crippen molar-refractivity contribution >= 4 is 68.5 Å². The van der Waals surface area contributed by atoms with Crippen molar-refractivity contribution < 1.29 is 0 Å². The summed E-state index contributed by atoms with van der Waals surface area (Å²) in [6.07, 6.45) is 8.94. The number of rotatable bonds is 2. The van der Waals surface area contributed by atoms with Crippen LogP contribution in [-0.2, 0) is 14.1 Å². The molecule has 0 saturated carbocycles. The maximum Gasteiger partial charge on any atom is 0.137 e. The number of fused-ring (bicyclic) bond motifs is 2. The van der Waals surface area contributed by atoms with Gasteiger partial charge in [0.25, 0.3) is 0 Å². The molecule has 0 aliphatic heterocycles. The molecular weight excluding hydrogens is 542 g/mol. The lowest BCUT2D eigenvalue weighted by atomic mass is 10.1. The van der Waals surface area contributed by atoms with Gasteiger partial charge >= 0.3 is 0 Å². The highest BCUT2D eigenvalue weighted by atomic mass is 35.5. The van der Waals surface area contributed by atoms with Crippen molar-refractivity contribution in [2.24, 2.45) is 14.1 Å². The maximum atomic E-state index is 6.36. The summed E-state index contributed by atoms with van der Waals surface area (Å²) in [5.74, 6) is 0. The average molecular weight is 558 g/mol. The van der Waals surface area contributed by atoms with E-state index in [9.17, 15) is 0 Å². The molecule has 36 heavy (non-hydrogen) atoms. The summed E-state index contributed by atoms with van der Waals surface area (Å²) in [7, 11) is 3.70. The molecule has 0 saturated heterocycles. The number of hydrogen-bond donors (Lipinski definition) is 0. The van der Waals surface area contributed by atoms with E-state index in [1.165, 1.54) is 0 Å². The van der Waals surface area contributed by atoms with Crippen LogP contribution in [0.15, 0.2) is 61.3 Å². The summed E-state index contributed by atoms with van der Waals surface area (Å²) in [4.78, 5) is 17.1. The average Bonchev–Trinajstić information content (AvgIpc) is 3.48. The van der Waals surface area contributed by atoms with Crippen LogP contribution in [0.25, 0.3) is 44.3 Å². The van der Waals surface area contributed by atoms with Crippen LogP contribution in [0.1, 0.15) is 0 Å². The van der Waals surface area contributed by atoms with Gasteiger partial charge in [0.05, 0.1) is 34.0 Å². The second-order valence-corrected chi connectivity index (χ2v) is 9.30. The largest absolute Gasteiger partial charge is 0.275 e. The van der Waals surface area contributed by atoms with Crippen LogP contribution >= 0.6 is 46.4 Å². The van der Waals surface area contributed by atoms with E-state index in [2.05, 4.69) is 30.1 Å². The van der Waals surface area contributed by atoms with Gasteiger partial charge in [-0.15, -0.1) is 0 Å². The third kappa shape index (κ3) is 4.99. The Labute approximate surface area is 225 Å². The van der Waals surface area contributed by atoms with E-state index in [0.29, 0.717) is 31.5 Å². The van der Waals surface area contributed by atoms with E-state index in [1.54, 1.807) is 52.2 Å². The van der Waals surface area contributed by atoms with Crippen LogP contribution in [-0.4, -0.2) is 39.5 Å². The second-order valence-electron chi connectivity index (χ2n) is 7.79. The molecule has 6 rings (SSSR count). The van der Waals surface area contributed by atoms with Crippen LogP contribution in [0.2, 0.25) is 20.5 Å². The third-order valence-corrected chi connectivity index (χ3v) is 6.33. The zero-order valence-electron chi connectivity index (χ0n) is 18.9. The van der Waals surface area contributed by atoms with Gasteiger partial charge in [0.2, 0.25) is 0 Å². The summed E-state index contributed by atoms with van der Waals surface area (Å²) < 4.78 is 3.42. The molecule has 0 radical (unpaired) electrons. The third-order valence-electron chi connectivity index (χ3n) is 5.24. The first-order valence-electron chi connectivity index (χ1n) is 10.5. The zero-order valence-corrected chi connectivity index (χ0v) is 21.9. The van der Waals surface area contributed by atoms with Gasteiger partial charge in [-0.1, -0.05) is 46.4 Å². The van der Waals surface area contributed by atoms with Crippen molar-refractivity contribution in [2.45, 2.75) is 0 Å². The Balaban J connectivity index is 0.000000148. The Morgan fingerprint density at radius 3 is 1.89 bits per heavy atom. The van der Waals surface area contributed by atoms with Gasteiger partial charge < -0.3 is 0 Å². The predicted molar refractivity (Wildman–Crippen MR) is 144 cm³/mol. The van der Waals surface area contributed by atoms with Crippen LogP contribution in [0.4, 0.5) is 0 Å². The molecule has 0 atom stereocenters. The molecule has 6 aromatic rings. The Bertz CT molecular complexity index is 1680. The van der Waals surface area contributed by atoms with Crippen molar-refractivity contribution in [3.8, 4) is 22.3 Å². The van der Waals surface area contributed by atoms with Gasteiger partial charge in [-0.05, 0) is 30.3 Å². The van der Waals surface area contributed by atoms with Gasteiger partial charge in [-0.25, -0.2) is 15.0 Å². The Hall–Kier alpha value is -3.30. The number of aromatic nitrogens is 8. The molecule has 180 valence electrons. The molecule has 0 aliphatic carbocycles. The predicted octanol–water partition coefficient (Wildman–Crippen LogP) is 6.67. The van der Waals surface area contributed by atoms with Crippen LogP contribution in [0, 0.1) is 0 Å². The highest BCUT2D eigenvalue weighted by molar-refractivity contribution is 6.38. The van der Waals surface area contributed by atoms with E-state index >= 15 is 0 Å². The number of nitrogens with zero attached hydrogens (tertiary/aromatic N) is 8.